The van der Waals surface area contributed by atoms with Crippen molar-refractivity contribution in [1.82, 2.24) is 10.3 Å². The molecule has 0 spiro atoms. The number of nitrogens with one attached hydrogen (secondary N) is 1. The molecule has 0 saturated heterocycles. The van der Waals surface area contributed by atoms with Gasteiger partial charge >= 0.3 is 0 Å². The molecule has 1 heterocycles. The lowest BCUT2D eigenvalue weighted by Crippen LogP contribution is -2.18. The summed E-state index contributed by atoms with van der Waals surface area (Å²) in [6, 6.07) is 3.83. The summed E-state index contributed by atoms with van der Waals surface area (Å²) in [6.07, 6.45) is 0.628. The average Bonchev–Trinajstić information content (AvgIpc) is 2.28. The van der Waals surface area contributed by atoms with Gasteiger partial charge in [-0.05, 0) is 38.9 Å². The van der Waals surface area contributed by atoms with E-state index < -0.39 is 6.10 Å². The summed E-state index contributed by atoms with van der Waals surface area (Å²) in [5, 5.41) is 12.5. The fourth-order valence-electron chi connectivity index (χ4n) is 1.45. The molecule has 0 aromatic carbocycles. The zero-order valence-corrected chi connectivity index (χ0v) is 10.9. The number of nitrogens with zero attached hydrogens (tertiary/aromatic N) is 1. The van der Waals surface area contributed by atoms with Gasteiger partial charge in [0.05, 0.1) is 11.8 Å². The lowest BCUT2D eigenvalue weighted by atomic mass is 10.2. The Balaban J connectivity index is 2.66. The van der Waals surface area contributed by atoms with E-state index in [0.717, 1.165) is 30.1 Å². The highest BCUT2D eigenvalue weighted by Gasteiger charge is 2.06. The first-order valence-electron chi connectivity index (χ1n) is 6.11. The summed E-state index contributed by atoms with van der Waals surface area (Å²) in [4.78, 5) is 4.45. The molecule has 4 nitrogen and oxygen atoms in total. The summed E-state index contributed by atoms with van der Waals surface area (Å²) >= 11 is 0. The molecule has 1 unspecified atom stereocenters. The van der Waals surface area contributed by atoms with Crippen LogP contribution in [-0.2, 0) is 6.54 Å². The van der Waals surface area contributed by atoms with Crippen LogP contribution in [-0.4, -0.2) is 29.3 Å². The molecule has 96 valence electrons. The third-order valence-corrected chi connectivity index (χ3v) is 2.27. The predicted octanol–water partition coefficient (Wildman–Crippen LogP) is 1.65. The second-order valence-corrected chi connectivity index (χ2v) is 4.23. The molecule has 2 N–H and O–H groups in total. The Morgan fingerprint density at radius 3 is 2.88 bits per heavy atom. The fourth-order valence-corrected chi connectivity index (χ4v) is 1.45. The van der Waals surface area contributed by atoms with Crippen LogP contribution in [0, 0.1) is 6.92 Å². The van der Waals surface area contributed by atoms with Crippen LogP contribution in [0.5, 0.6) is 5.75 Å². The Hall–Kier alpha value is -1.13. The van der Waals surface area contributed by atoms with E-state index in [1.54, 1.807) is 6.92 Å². The van der Waals surface area contributed by atoms with Crippen molar-refractivity contribution in [2.24, 2.45) is 0 Å². The molecule has 17 heavy (non-hydrogen) atoms. The second kappa shape index (κ2) is 7.25. The summed E-state index contributed by atoms with van der Waals surface area (Å²) in [7, 11) is 0. The molecule has 0 amide bonds. The Kier molecular flexibility index (Phi) is 5.94. The van der Waals surface area contributed by atoms with E-state index in [-0.39, 0.29) is 0 Å². The molecule has 0 radical (unpaired) electrons. The lowest BCUT2D eigenvalue weighted by Gasteiger charge is -2.13. The van der Waals surface area contributed by atoms with Gasteiger partial charge in [0.15, 0.2) is 0 Å². The van der Waals surface area contributed by atoms with E-state index in [1.807, 2.05) is 19.1 Å². The molecular formula is C13H22N2O2. The van der Waals surface area contributed by atoms with Crippen LogP contribution in [0.25, 0.3) is 0 Å². The van der Waals surface area contributed by atoms with Crippen molar-refractivity contribution >= 4 is 0 Å². The van der Waals surface area contributed by atoms with E-state index in [0.29, 0.717) is 13.2 Å². The minimum absolute atomic E-state index is 0.297. The highest BCUT2D eigenvalue weighted by Crippen LogP contribution is 2.17. The van der Waals surface area contributed by atoms with Crippen molar-refractivity contribution in [3.8, 4) is 5.75 Å². The van der Waals surface area contributed by atoms with Crippen LogP contribution in [0.4, 0.5) is 0 Å². The Morgan fingerprint density at radius 1 is 1.47 bits per heavy atom. The third-order valence-electron chi connectivity index (χ3n) is 2.27. The number of aliphatic hydroxyl groups is 1. The number of hydrogen-bond acceptors (Lipinski definition) is 4. The Morgan fingerprint density at radius 2 is 2.24 bits per heavy atom. The summed E-state index contributed by atoms with van der Waals surface area (Å²) in [5.41, 5.74) is 1.88. The first kappa shape index (κ1) is 13.9. The van der Waals surface area contributed by atoms with Gasteiger partial charge in [-0.15, -0.1) is 0 Å². The van der Waals surface area contributed by atoms with Crippen molar-refractivity contribution in [2.75, 3.05) is 13.2 Å². The molecule has 1 atom stereocenters. The van der Waals surface area contributed by atoms with E-state index >= 15 is 0 Å². The van der Waals surface area contributed by atoms with Gasteiger partial charge in [-0.2, -0.15) is 0 Å². The highest BCUT2D eigenvalue weighted by molar-refractivity contribution is 5.29. The normalized spacial score (nSPS) is 12.5. The maximum atomic E-state index is 9.21. The predicted molar refractivity (Wildman–Crippen MR) is 68.1 cm³/mol. The van der Waals surface area contributed by atoms with Crippen molar-refractivity contribution < 1.29 is 9.84 Å². The molecule has 0 fully saturated rings. The van der Waals surface area contributed by atoms with E-state index in [4.69, 9.17) is 4.74 Å². The average molecular weight is 238 g/mol. The number of ether oxygens (including phenoxy) is 1. The standard InChI is InChI=1S/C13H22N2O2/c1-4-7-14-8-12-13(17-9-11(3)16)6-5-10(2)15-12/h5-6,11,14,16H,4,7-9H2,1-3H3. The quantitative estimate of drug-likeness (QED) is 0.709. The van der Waals surface area contributed by atoms with Gasteiger partial charge in [-0.1, -0.05) is 6.92 Å². The maximum absolute atomic E-state index is 9.21. The van der Waals surface area contributed by atoms with E-state index in [9.17, 15) is 5.11 Å². The number of aliphatic hydroxyl groups excluding tert-OH is 1. The Labute approximate surface area is 103 Å². The van der Waals surface area contributed by atoms with Crippen molar-refractivity contribution in [3.05, 3.63) is 23.5 Å². The van der Waals surface area contributed by atoms with Crippen LogP contribution in [0.3, 0.4) is 0 Å². The van der Waals surface area contributed by atoms with E-state index in [1.165, 1.54) is 0 Å². The molecule has 0 aliphatic heterocycles. The van der Waals surface area contributed by atoms with Gasteiger partial charge in [0.2, 0.25) is 0 Å². The van der Waals surface area contributed by atoms with Crippen LogP contribution in [0.1, 0.15) is 31.7 Å². The summed E-state index contributed by atoms with van der Waals surface area (Å²) < 4.78 is 5.53. The van der Waals surface area contributed by atoms with Gasteiger partial charge in [0.1, 0.15) is 12.4 Å². The van der Waals surface area contributed by atoms with Gasteiger partial charge in [-0.3, -0.25) is 4.98 Å². The largest absolute Gasteiger partial charge is 0.489 e. The van der Waals surface area contributed by atoms with Gasteiger partial charge in [0.25, 0.3) is 0 Å². The second-order valence-electron chi connectivity index (χ2n) is 4.23. The summed E-state index contributed by atoms with van der Waals surface area (Å²) in [5.74, 6) is 0.750. The van der Waals surface area contributed by atoms with Crippen molar-refractivity contribution in [1.29, 1.82) is 0 Å². The van der Waals surface area contributed by atoms with Gasteiger partial charge < -0.3 is 15.2 Å². The zero-order chi connectivity index (χ0) is 12.7. The van der Waals surface area contributed by atoms with Crippen LogP contribution < -0.4 is 10.1 Å². The minimum Gasteiger partial charge on any atom is -0.489 e. The zero-order valence-electron chi connectivity index (χ0n) is 10.9. The molecule has 1 aromatic rings. The first-order chi connectivity index (χ1) is 8.13. The third kappa shape index (κ3) is 5.15. The SMILES string of the molecule is CCCNCc1nc(C)ccc1OCC(C)O. The number of aryl methyl sites for hydroxylation is 1. The van der Waals surface area contributed by atoms with Crippen LogP contribution in [0.15, 0.2) is 12.1 Å². The fraction of sp³-hybridized carbons (Fsp3) is 0.615. The minimum atomic E-state index is -0.465. The highest BCUT2D eigenvalue weighted by atomic mass is 16.5. The Bertz CT molecular complexity index is 340. The monoisotopic (exact) mass is 238 g/mol. The van der Waals surface area contributed by atoms with Crippen molar-refractivity contribution in [2.45, 2.75) is 39.8 Å². The maximum Gasteiger partial charge on any atom is 0.142 e. The number of hydrogen-bond donors (Lipinski definition) is 2. The molecular weight excluding hydrogens is 216 g/mol. The molecule has 0 aliphatic rings. The summed E-state index contributed by atoms with van der Waals surface area (Å²) in [6.45, 7) is 7.75. The number of rotatable bonds is 7. The molecule has 1 aromatic heterocycles. The number of pyridine rings is 1. The molecule has 0 bridgehead atoms. The number of aromatic nitrogens is 1. The van der Waals surface area contributed by atoms with E-state index in [2.05, 4.69) is 17.2 Å². The van der Waals surface area contributed by atoms with Gasteiger partial charge in [-0.25, -0.2) is 0 Å². The lowest BCUT2D eigenvalue weighted by molar-refractivity contribution is 0.121. The molecule has 0 aliphatic carbocycles. The first-order valence-corrected chi connectivity index (χ1v) is 6.11. The molecule has 4 heteroatoms. The van der Waals surface area contributed by atoms with Gasteiger partial charge in [0, 0.05) is 12.2 Å². The van der Waals surface area contributed by atoms with Crippen LogP contribution in [0.2, 0.25) is 0 Å². The molecule has 1 rings (SSSR count). The molecule has 0 saturated carbocycles. The smallest absolute Gasteiger partial charge is 0.142 e. The topological polar surface area (TPSA) is 54.4 Å². The van der Waals surface area contributed by atoms with Crippen molar-refractivity contribution in [3.63, 3.8) is 0 Å². The van der Waals surface area contributed by atoms with Crippen LogP contribution >= 0.6 is 0 Å².